The predicted molar refractivity (Wildman–Crippen MR) is 154 cm³/mol. The van der Waals surface area contributed by atoms with Gasteiger partial charge in [0.2, 0.25) is 0 Å². The molecule has 5 rings (SSSR count). The minimum Gasteiger partial charge on any atom is -0.488 e. The number of halogens is 3. The van der Waals surface area contributed by atoms with Crippen LogP contribution in [0.1, 0.15) is 45.7 Å². The van der Waals surface area contributed by atoms with E-state index in [1.165, 1.54) is 34.6 Å². The van der Waals surface area contributed by atoms with Crippen molar-refractivity contribution in [2.45, 2.75) is 58.0 Å². The second kappa shape index (κ2) is 12.3. The molecule has 0 radical (unpaired) electrons. The van der Waals surface area contributed by atoms with Crippen LogP contribution >= 0.6 is 0 Å². The number of pyridine rings is 2. The van der Waals surface area contributed by atoms with Crippen molar-refractivity contribution in [3.8, 4) is 17.3 Å². The van der Waals surface area contributed by atoms with Gasteiger partial charge in [0.1, 0.15) is 41.8 Å². The Bertz CT molecular complexity index is 1670. The summed E-state index contributed by atoms with van der Waals surface area (Å²) in [4.78, 5) is 29.3. The number of alkyl carbamates (subject to hydrolysis) is 1. The Balaban J connectivity index is 1.42. The van der Waals surface area contributed by atoms with Gasteiger partial charge in [0, 0.05) is 37.6 Å². The highest BCUT2D eigenvalue weighted by Crippen LogP contribution is 2.40. The molecule has 11 nitrogen and oxygen atoms in total. The van der Waals surface area contributed by atoms with Crippen LogP contribution in [0.2, 0.25) is 0 Å². The molecule has 3 aromatic heterocycles. The Morgan fingerprint density at radius 3 is 2.59 bits per heavy atom. The topological polar surface area (TPSA) is 120 Å². The van der Waals surface area contributed by atoms with Crippen LogP contribution in [0.4, 0.5) is 18.0 Å². The van der Waals surface area contributed by atoms with Crippen LogP contribution in [0.15, 0.2) is 48.7 Å². The lowest BCUT2D eigenvalue weighted by Crippen LogP contribution is -2.42. The summed E-state index contributed by atoms with van der Waals surface area (Å²) in [5.74, 6) is 0.289. The number of carbonyl (C=O) groups excluding carboxylic acids is 2. The third-order valence-electron chi connectivity index (χ3n) is 6.92. The molecule has 1 amide bonds. The van der Waals surface area contributed by atoms with Crippen molar-refractivity contribution in [2.75, 3.05) is 26.3 Å². The third kappa shape index (κ3) is 7.18. The van der Waals surface area contributed by atoms with Crippen LogP contribution in [-0.4, -0.2) is 80.7 Å². The first-order valence-corrected chi connectivity index (χ1v) is 14.1. The van der Waals surface area contributed by atoms with Crippen LogP contribution in [0, 0.1) is 0 Å². The quantitative estimate of drug-likeness (QED) is 0.214. The predicted octanol–water partition coefficient (Wildman–Crippen LogP) is 5.09. The van der Waals surface area contributed by atoms with E-state index in [1.807, 2.05) is 12.1 Å². The summed E-state index contributed by atoms with van der Waals surface area (Å²) in [6, 6.07) is 9.36. The number of amides is 1. The minimum absolute atomic E-state index is 0.000694. The van der Waals surface area contributed by atoms with Crippen molar-refractivity contribution >= 4 is 28.6 Å². The molecule has 0 spiro atoms. The Kier molecular flexibility index (Phi) is 8.64. The number of alkyl halides is 3. The number of esters is 1. The number of fused-ring (bicyclic) bond motifs is 2. The highest BCUT2D eigenvalue weighted by atomic mass is 19.4. The maximum Gasteiger partial charge on any atom is 0.408 e. The lowest BCUT2D eigenvalue weighted by Gasteiger charge is -2.30. The number of likely N-dealkylation sites (tertiary alicyclic amines) is 1. The summed E-state index contributed by atoms with van der Waals surface area (Å²) in [6.45, 7) is 6.78. The summed E-state index contributed by atoms with van der Waals surface area (Å²) in [5.41, 5.74) is 0.518. The van der Waals surface area contributed by atoms with Crippen LogP contribution in [0.3, 0.4) is 0 Å². The smallest absolute Gasteiger partial charge is 0.408 e. The first kappa shape index (κ1) is 31.0. The van der Waals surface area contributed by atoms with E-state index in [-0.39, 0.29) is 37.7 Å². The number of hydrogen-bond donors (Lipinski definition) is 1. The molecule has 44 heavy (non-hydrogen) atoms. The molecule has 4 aromatic rings. The molecule has 1 fully saturated rings. The van der Waals surface area contributed by atoms with E-state index in [1.54, 1.807) is 39.0 Å². The van der Waals surface area contributed by atoms with Crippen molar-refractivity contribution in [1.82, 2.24) is 29.8 Å². The molecule has 0 aliphatic carbocycles. The van der Waals surface area contributed by atoms with E-state index >= 15 is 0 Å². The summed E-state index contributed by atoms with van der Waals surface area (Å²) >= 11 is 0. The van der Waals surface area contributed by atoms with Crippen LogP contribution in [0.5, 0.6) is 5.75 Å². The number of benzene rings is 1. The fourth-order valence-electron chi connectivity index (χ4n) is 5.16. The normalized spacial score (nSPS) is 16.7. The van der Waals surface area contributed by atoms with Gasteiger partial charge >= 0.3 is 18.2 Å². The molecular formula is C30H33F3N6O5. The number of aromatic nitrogens is 4. The largest absolute Gasteiger partial charge is 0.488 e. The van der Waals surface area contributed by atoms with Gasteiger partial charge in [-0.15, -0.1) is 10.2 Å². The van der Waals surface area contributed by atoms with Crippen LogP contribution < -0.4 is 10.1 Å². The van der Waals surface area contributed by atoms with Gasteiger partial charge < -0.3 is 19.5 Å². The van der Waals surface area contributed by atoms with E-state index in [9.17, 15) is 22.8 Å². The lowest BCUT2D eigenvalue weighted by molar-refractivity contribution is -0.184. The van der Waals surface area contributed by atoms with Crippen molar-refractivity contribution in [3.63, 3.8) is 0 Å². The molecule has 1 aliphatic rings. The molecule has 2 atom stereocenters. The maximum absolute atomic E-state index is 14.6. The standard InChI is InChI=1S/C30H33F3N6O5/c1-18(40)42-14-15-43-23-7-5-6-19-8-10-22(35-25(19)23)27-37-36-24-11-9-20(16-39(24)27)26(30(31,32)33)38-13-12-21(17-38)34-28(41)44-29(2,3)4/h5-11,16,21,26H,12-15,17H2,1-4H3,(H,34,41)/t21?,26-/m1/s1. The zero-order valence-electron chi connectivity index (χ0n) is 24.7. The first-order valence-electron chi connectivity index (χ1n) is 14.1. The zero-order valence-corrected chi connectivity index (χ0v) is 24.7. The van der Waals surface area contributed by atoms with Gasteiger partial charge in [-0.25, -0.2) is 9.78 Å². The summed E-state index contributed by atoms with van der Waals surface area (Å²) in [5, 5.41) is 11.8. The molecule has 0 bridgehead atoms. The van der Waals surface area contributed by atoms with E-state index in [2.05, 4.69) is 15.5 Å². The second-order valence-electron chi connectivity index (χ2n) is 11.5. The van der Waals surface area contributed by atoms with Gasteiger partial charge in [0.05, 0.1) is 0 Å². The Hall–Kier alpha value is -4.46. The summed E-state index contributed by atoms with van der Waals surface area (Å²) < 4.78 is 61.1. The van der Waals surface area contributed by atoms with Crippen LogP contribution in [-0.2, 0) is 14.3 Å². The van der Waals surface area contributed by atoms with Crippen LogP contribution in [0.25, 0.3) is 28.1 Å². The number of nitrogens with zero attached hydrogens (tertiary/aromatic N) is 5. The molecule has 1 unspecified atom stereocenters. The monoisotopic (exact) mass is 614 g/mol. The molecule has 1 saturated heterocycles. The first-order chi connectivity index (χ1) is 20.8. The van der Waals surface area contributed by atoms with Crippen molar-refractivity contribution < 1.29 is 37.0 Å². The molecule has 234 valence electrons. The van der Waals surface area contributed by atoms with E-state index in [0.717, 1.165) is 5.39 Å². The number of hydrogen-bond acceptors (Lipinski definition) is 9. The van der Waals surface area contributed by atoms with Gasteiger partial charge in [-0.2, -0.15) is 13.2 Å². The maximum atomic E-state index is 14.6. The molecule has 1 aromatic carbocycles. The summed E-state index contributed by atoms with van der Waals surface area (Å²) in [6.07, 6.45) is -3.53. The lowest BCUT2D eigenvalue weighted by atomic mass is 10.1. The van der Waals surface area contributed by atoms with E-state index in [4.69, 9.17) is 19.2 Å². The summed E-state index contributed by atoms with van der Waals surface area (Å²) in [7, 11) is 0. The zero-order chi connectivity index (χ0) is 31.6. The van der Waals surface area contributed by atoms with Gasteiger partial charge in [-0.1, -0.05) is 24.3 Å². The van der Waals surface area contributed by atoms with E-state index in [0.29, 0.717) is 29.0 Å². The van der Waals surface area contributed by atoms with Crippen molar-refractivity contribution in [2.24, 2.45) is 0 Å². The highest BCUT2D eigenvalue weighted by Gasteiger charge is 2.47. The molecular weight excluding hydrogens is 581 g/mol. The van der Waals surface area contributed by atoms with E-state index < -0.39 is 35.9 Å². The third-order valence-corrected chi connectivity index (χ3v) is 6.92. The Labute approximate surface area is 251 Å². The van der Waals surface area contributed by atoms with Crippen molar-refractivity contribution in [1.29, 1.82) is 0 Å². The molecule has 1 aliphatic heterocycles. The van der Waals surface area contributed by atoms with Gasteiger partial charge in [0.25, 0.3) is 0 Å². The average molecular weight is 615 g/mol. The molecule has 0 saturated carbocycles. The fourth-order valence-corrected chi connectivity index (χ4v) is 5.16. The van der Waals surface area contributed by atoms with Crippen molar-refractivity contribution in [3.05, 3.63) is 54.2 Å². The second-order valence-corrected chi connectivity index (χ2v) is 11.5. The highest BCUT2D eigenvalue weighted by molar-refractivity contribution is 5.86. The Morgan fingerprint density at radius 1 is 1.07 bits per heavy atom. The molecule has 1 N–H and O–H groups in total. The number of ether oxygens (including phenoxy) is 3. The number of nitrogens with one attached hydrogen (secondary N) is 1. The number of rotatable bonds is 8. The number of carbonyl (C=O) groups is 2. The number of para-hydroxylation sites is 1. The molecule has 4 heterocycles. The molecule has 14 heteroatoms. The fraction of sp³-hybridized carbons (Fsp3) is 0.433. The Morgan fingerprint density at radius 2 is 1.86 bits per heavy atom. The van der Waals surface area contributed by atoms with Gasteiger partial charge in [0.15, 0.2) is 11.5 Å². The SMILES string of the molecule is CC(=O)OCCOc1cccc2ccc(-c3nnc4ccc([C@@H](N5CCC(NC(=O)OC(C)(C)C)C5)C(F)(F)F)cn34)nc12. The minimum atomic E-state index is -4.60. The van der Waals surface area contributed by atoms with Gasteiger partial charge in [-0.3, -0.25) is 14.1 Å². The van der Waals surface area contributed by atoms with Gasteiger partial charge in [-0.05, 0) is 51.0 Å². The average Bonchev–Trinajstić information content (AvgIpc) is 3.56.